The lowest BCUT2D eigenvalue weighted by atomic mass is 10.1. The van der Waals surface area contributed by atoms with E-state index in [1.807, 2.05) is 18.2 Å². The van der Waals surface area contributed by atoms with Gasteiger partial charge in [-0.3, -0.25) is 4.79 Å². The molecule has 0 radical (unpaired) electrons. The van der Waals surface area contributed by atoms with Crippen molar-refractivity contribution < 1.29 is 23.1 Å². The molecular weight excluding hydrogens is 368 g/mol. The molecule has 0 aliphatic heterocycles. The summed E-state index contributed by atoms with van der Waals surface area (Å²) in [5.41, 5.74) is 1.01. The van der Waals surface area contributed by atoms with E-state index in [0.717, 1.165) is 5.56 Å². The van der Waals surface area contributed by atoms with Crippen molar-refractivity contribution in [3.8, 4) is 0 Å². The average Bonchev–Trinajstić information content (AvgIpc) is 2.66. The van der Waals surface area contributed by atoms with Crippen molar-refractivity contribution in [3.63, 3.8) is 0 Å². The van der Waals surface area contributed by atoms with Crippen LogP contribution in [0.1, 0.15) is 29.8 Å². The second kappa shape index (κ2) is 8.79. The Hall–Kier alpha value is -2.71. The highest BCUT2D eigenvalue weighted by molar-refractivity contribution is 7.89. The lowest BCUT2D eigenvalue weighted by Crippen LogP contribution is -2.42. The smallest absolute Gasteiger partial charge is 0.326 e. The van der Waals surface area contributed by atoms with Gasteiger partial charge < -0.3 is 10.0 Å². The molecule has 27 heavy (non-hydrogen) atoms. The normalized spacial score (nSPS) is 12.4. The van der Waals surface area contributed by atoms with Gasteiger partial charge in [0, 0.05) is 18.7 Å². The minimum Gasteiger partial charge on any atom is -0.480 e. The molecule has 0 spiro atoms. The molecule has 2 aromatic rings. The number of carboxylic acid groups (broad SMARTS) is 1. The van der Waals surface area contributed by atoms with Gasteiger partial charge in [-0.05, 0) is 36.8 Å². The number of nitrogens with zero attached hydrogens (tertiary/aromatic N) is 1. The van der Waals surface area contributed by atoms with Gasteiger partial charge in [0.15, 0.2) is 0 Å². The van der Waals surface area contributed by atoms with Gasteiger partial charge in [-0.15, -0.1) is 0 Å². The maximum atomic E-state index is 12.9. The number of hydrogen-bond donors (Lipinski definition) is 2. The first-order valence-electron chi connectivity index (χ1n) is 8.43. The Morgan fingerprint density at radius 1 is 1.07 bits per heavy atom. The third-order valence-electron chi connectivity index (χ3n) is 4.03. The predicted octanol–water partition coefficient (Wildman–Crippen LogP) is 2.10. The summed E-state index contributed by atoms with van der Waals surface area (Å²) in [6.45, 7) is 3.49. The summed E-state index contributed by atoms with van der Waals surface area (Å²) in [7, 11) is -3.62. The van der Waals surface area contributed by atoms with Crippen LogP contribution >= 0.6 is 0 Å². The molecule has 0 bridgehead atoms. The zero-order valence-corrected chi connectivity index (χ0v) is 15.9. The Balaban J connectivity index is 2.30. The predicted molar refractivity (Wildman–Crippen MR) is 101 cm³/mol. The standard InChI is InChI=1S/C19H22N2O5S/c1-3-20-27(25,26)17-11-9-16(10-12-17)18(22)21(14(2)19(23)24)13-15-7-5-4-6-8-15/h4-12,14,20H,3,13H2,1-2H3,(H,23,24). The number of amides is 1. The molecule has 0 heterocycles. The number of sulfonamides is 1. The third kappa shape index (κ3) is 5.15. The molecule has 1 unspecified atom stereocenters. The number of carbonyl (C=O) groups is 2. The van der Waals surface area contributed by atoms with Crippen molar-refractivity contribution >= 4 is 21.9 Å². The number of rotatable bonds is 8. The first-order valence-corrected chi connectivity index (χ1v) is 9.92. The lowest BCUT2D eigenvalue weighted by molar-refractivity contribution is -0.141. The van der Waals surface area contributed by atoms with Crippen molar-refractivity contribution in [2.45, 2.75) is 31.3 Å². The van der Waals surface area contributed by atoms with E-state index in [-0.39, 0.29) is 23.5 Å². The van der Waals surface area contributed by atoms with E-state index in [2.05, 4.69) is 4.72 Å². The second-order valence-corrected chi connectivity index (χ2v) is 7.73. The van der Waals surface area contributed by atoms with E-state index in [4.69, 9.17) is 0 Å². The van der Waals surface area contributed by atoms with Crippen LogP contribution in [0.25, 0.3) is 0 Å². The van der Waals surface area contributed by atoms with E-state index in [0.29, 0.717) is 0 Å². The number of aliphatic carboxylic acids is 1. The SMILES string of the molecule is CCNS(=O)(=O)c1ccc(C(=O)N(Cc2ccccc2)C(C)C(=O)O)cc1. The van der Waals surface area contributed by atoms with Crippen molar-refractivity contribution in [2.24, 2.45) is 0 Å². The third-order valence-corrected chi connectivity index (χ3v) is 5.59. The molecule has 2 aromatic carbocycles. The highest BCUT2D eigenvalue weighted by Crippen LogP contribution is 2.16. The van der Waals surface area contributed by atoms with Crippen LogP contribution in [0.15, 0.2) is 59.5 Å². The van der Waals surface area contributed by atoms with Crippen LogP contribution in [0.2, 0.25) is 0 Å². The number of carbonyl (C=O) groups excluding carboxylic acids is 1. The zero-order chi connectivity index (χ0) is 20.0. The fourth-order valence-corrected chi connectivity index (χ4v) is 3.55. The Kier molecular flexibility index (Phi) is 6.70. The van der Waals surface area contributed by atoms with Crippen LogP contribution in [0.4, 0.5) is 0 Å². The minimum absolute atomic E-state index is 0.0433. The van der Waals surface area contributed by atoms with E-state index >= 15 is 0 Å². The summed E-state index contributed by atoms with van der Waals surface area (Å²) in [5.74, 6) is -1.60. The van der Waals surface area contributed by atoms with Crippen LogP contribution in [0.5, 0.6) is 0 Å². The number of benzene rings is 2. The Morgan fingerprint density at radius 3 is 2.19 bits per heavy atom. The van der Waals surface area contributed by atoms with E-state index in [1.54, 1.807) is 19.1 Å². The Bertz CT molecular complexity index is 895. The molecule has 2 rings (SSSR count). The highest BCUT2D eigenvalue weighted by Gasteiger charge is 2.27. The molecule has 1 amide bonds. The largest absolute Gasteiger partial charge is 0.480 e. The Morgan fingerprint density at radius 2 is 1.67 bits per heavy atom. The van der Waals surface area contributed by atoms with Crippen molar-refractivity contribution in [3.05, 3.63) is 65.7 Å². The fraction of sp³-hybridized carbons (Fsp3) is 0.263. The van der Waals surface area contributed by atoms with Crippen molar-refractivity contribution in [1.29, 1.82) is 0 Å². The van der Waals surface area contributed by atoms with E-state index in [9.17, 15) is 23.1 Å². The molecule has 0 saturated heterocycles. The molecule has 0 saturated carbocycles. The topological polar surface area (TPSA) is 104 Å². The quantitative estimate of drug-likeness (QED) is 0.718. The summed E-state index contributed by atoms with van der Waals surface area (Å²) in [6.07, 6.45) is 0. The summed E-state index contributed by atoms with van der Waals surface area (Å²) < 4.78 is 26.4. The van der Waals surface area contributed by atoms with Gasteiger partial charge in [0.05, 0.1) is 4.90 Å². The highest BCUT2D eigenvalue weighted by atomic mass is 32.2. The molecule has 144 valence electrons. The molecule has 1 atom stereocenters. The first kappa shape index (κ1) is 20.6. The van der Waals surface area contributed by atoms with Crippen molar-refractivity contribution in [2.75, 3.05) is 6.54 Å². The average molecular weight is 390 g/mol. The monoisotopic (exact) mass is 390 g/mol. The van der Waals surface area contributed by atoms with Gasteiger partial charge in [-0.25, -0.2) is 17.9 Å². The molecule has 2 N–H and O–H groups in total. The lowest BCUT2D eigenvalue weighted by Gasteiger charge is -2.27. The molecule has 0 aliphatic rings. The van der Waals surface area contributed by atoms with E-state index in [1.165, 1.54) is 36.1 Å². The van der Waals surface area contributed by atoms with Crippen LogP contribution in [0.3, 0.4) is 0 Å². The summed E-state index contributed by atoms with van der Waals surface area (Å²) >= 11 is 0. The maximum Gasteiger partial charge on any atom is 0.326 e. The van der Waals surface area contributed by atoms with Crippen molar-refractivity contribution in [1.82, 2.24) is 9.62 Å². The van der Waals surface area contributed by atoms with Gasteiger partial charge >= 0.3 is 5.97 Å². The summed E-state index contributed by atoms with van der Waals surface area (Å²) in [4.78, 5) is 25.6. The minimum atomic E-state index is -3.62. The number of hydrogen-bond acceptors (Lipinski definition) is 4. The molecular formula is C19H22N2O5S. The van der Waals surface area contributed by atoms with Gasteiger partial charge in [0.25, 0.3) is 5.91 Å². The van der Waals surface area contributed by atoms with Gasteiger partial charge in [-0.1, -0.05) is 37.3 Å². The number of carboxylic acids is 1. The summed E-state index contributed by atoms with van der Waals surface area (Å²) in [5, 5.41) is 9.35. The van der Waals surface area contributed by atoms with Gasteiger partial charge in [0.1, 0.15) is 6.04 Å². The fourth-order valence-electron chi connectivity index (χ4n) is 2.51. The zero-order valence-electron chi connectivity index (χ0n) is 15.1. The van der Waals surface area contributed by atoms with Crippen LogP contribution in [-0.4, -0.2) is 42.9 Å². The van der Waals surface area contributed by atoms with Crippen LogP contribution < -0.4 is 4.72 Å². The summed E-state index contributed by atoms with van der Waals surface area (Å²) in [6, 6.07) is 13.5. The molecule has 0 aliphatic carbocycles. The second-order valence-electron chi connectivity index (χ2n) is 5.96. The van der Waals surface area contributed by atoms with Crippen LogP contribution in [0, 0.1) is 0 Å². The maximum absolute atomic E-state index is 12.9. The Labute approximate surface area is 158 Å². The van der Waals surface area contributed by atoms with Gasteiger partial charge in [0.2, 0.25) is 10.0 Å². The number of nitrogens with one attached hydrogen (secondary N) is 1. The van der Waals surface area contributed by atoms with E-state index < -0.39 is 27.9 Å². The molecule has 7 nitrogen and oxygen atoms in total. The molecule has 0 aromatic heterocycles. The first-order chi connectivity index (χ1) is 12.8. The molecule has 8 heteroatoms. The molecule has 0 fully saturated rings. The van der Waals surface area contributed by atoms with Crippen LogP contribution in [-0.2, 0) is 21.4 Å². The van der Waals surface area contributed by atoms with Gasteiger partial charge in [-0.2, -0.15) is 0 Å².